The van der Waals surface area contributed by atoms with Crippen molar-refractivity contribution in [1.29, 1.82) is 0 Å². The van der Waals surface area contributed by atoms with Crippen LogP contribution in [-0.2, 0) is 25.9 Å². The zero-order valence-electron chi connectivity index (χ0n) is 11.3. The van der Waals surface area contributed by atoms with Crippen LogP contribution in [0.15, 0.2) is 30.6 Å². The van der Waals surface area contributed by atoms with E-state index in [1.165, 1.54) is 13.8 Å². The van der Waals surface area contributed by atoms with E-state index in [1.54, 1.807) is 6.92 Å². The summed E-state index contributed by atoms with van der Waals surface area (Å²) in [5.74, 6) is 0.237. The van der Waals surface area contributed by atoms with Crippen LogP contribution in [0.1, 0.15) is 27.2 Å². The number of aromatic nitrogens is 1. The molecule has 7 heteroatoms. The number of ketones is 1. The standard InChI is InChI=1S/C9H12NO.C3H8O4S/c1-9(11)5-8-10-6-3-2-4-7-10;1-3(2)7-8(4,5)6/h2-4,6-7H,5,8H2,1H3;3H,1-2H3,(H,4,5,6)/q+1;/p-1. The van der Waals surface area contributed by atoms with Gasteiger partial charge in [-0.25, -0.2) is 13.0 Å². The first-order chi connectivity index (χ1) is 8.70. The topological polar surface area (TPSA) is 87.4 Å². The van der Waals surface area contributed by atoms with Gasteiger partial charge in [0.2, 0.25) is 10.4 Å². The molecule has 0 aliphatic heterocycles. The lowest BCUT2D eigenvalue weighted by Crippen LogP contribution is -2.33. The second kappa shape index (κ2) is 8.73. The first-order valence-electron chi connectivity index (χ1n) is 5.78. The molecule has 108 valence electrons. The number of Topliss-reactive ketones (excluding diaryl/α,β-unsaturated/α-hetero) is 1. The monoisotopic (exact) mass is 289 g/mol. The van der Waals surface area contributed by atoms with Gasteiger partial charge in [0.05, 0.1) is 12.5 Å². The van der Waals surface area contributed by atoms with Gasteiger partial charge in [0.1, 0.15) is 5.78 Å². The molecule has 6 nitrogen and oxygen atoms in total. The summed E-state index contributed by atoms with van der Waals surface area (Å²) in [6.07, 6.45) is 3.98. The van der Waals surface area contributed by atoms with Crippen molar-refractivity contribution >= 4 is 16.2 Å². The highest BCUT2D eigenvalue weighted by Gasteiger charge is 1.99. The Bertz CT molecular complexity index is 470. The molecule has 0 aliphatic rings. The van der Waals surface area contributed by atoms with Crippen LogP contribution in [0.25, 0.3) is 0 Å². The quantitative estimate of drug-likeness (QED) is 0.455. The van der Waals surface area contributed by atoms with Crippen molar-refractivity contribution in [3.05, 3.63) is 30.6 Å². The van der Waals surface area contributed by atoms with E-state index < -0.39 is 16.5 Å². The van der Waals surface area contributed by atoms with Crippen LogP contribution < -0.4 is 4.57 Å². The Labute approximate surface area is 114 Å². The number of hydrogen-bond donors (Lipinski definition) is 0. The van der Waals surface area contributed by atoms with Crippen molar-refractivity contribution in [2.75, 3.05) is 0 Å². The molecule has 0 aromatic carbocycles. The third-order valence-electron chi connectivity index (χ3n) is 1.81. The molecule has 0 fully saturated rings. The van der Waals surface area contributed by atoms with Crippen LogP contribution in [0.4, 0.5) is 0 Å². The fraction of sp³-hybridized carbons (Fsp3) is 0.500. The Morgan fingerprint density at radius 2 is 1.79 bits per heavy atom. The van der Waals surface area contributed by atoms with Crippen molar-refractivity contribution in [2.45, 2.75) is 39.8 Å². The lowest BCUT2D eigenvalue weighted by Gasteiger charge is -2.09. The second-order valence-corrected chi connectivity index (χ2v) is 5.13. The van der Waals surface area contributed by atoms with Crippen LogP contribution in [0.2, 0.25) is 0 Å². The summed E-state index contributed by atoms with van der Waals surface area (Å²) in [4.78, 5) is 10.6. The van der Waals surface area contributed by atoms with Gasteiger partial charge in [-0.1, -0.05) is 6.07 Å². The molecule has 1 aromatic rings. The Kier molecular flexibility index (Phi) is 8.13. The van der Waals surface area contributed by atoms with Crippen LogP contribution >= 0.6 is 0 Å². The Hall–Kier alpha value is -1.31. The first-order valence-corrected chi connectivity index (χ1v) is 7.11. The Balaban J connectivity index is 0.000000362. The number of carbonyl (C=O) groups excluding carboxylic acids is 1. The van der Waals surface area contributed by atoms with Gasteiger partial charge in [-0.15, -0.1) is 0 Å². The van der Waals surface area contributed by atoms with Crippen LogP contribution in [-0.4, -0.2) is 24.9 Å². The molecule has 0 unspecified atom stereocenters. The number of pyridine rings is 1. The average molecular weight is 289 g/mol. The number of hydrogen-bond acceptors (Lipinski definition) is 5. The molecule has 1 heterocycles. The van der Waals surface area contributed by atoms with Crippen molar-refractivity contribution < 1.29 is 26.5 Å². The molecule has 0 amide bonds. The molecule has 0 saturated heterocycles. The fourth-order valence-electron chi connectivity index (χ4n) is 1.11. The van der Waals surface area contributed by atoms with Crippen LogP contribution in [0.5, 0.6) is 0 Å². The lowest BCUT2D eigenvalue weighted by atomic mass is 10.3. The molecule has 19 heavy (non-hydrogen) atoms. The van der Waals surface area contributed by atoms with Crippen LogP contribution in [0, 0.1) is 0 Å². The third kappa shape index (κ3) is 12.9. The average Bonchev–Trinajstić information content (AvgIpc) is 2.25. The minimum absolute atomic E-state index is 0.237. The lowest BCUT2D eigenvalue weighted by molar-refractivity contribution is -0.695. The van der Waals surface area contributed by atoms with Crippen molar-refractivity contribution in [1.82, 2.24) is 0 Å². The van der Waals surface area contributed by atoms with Crippen molar-refractivity contribution in [2.24, 2.45) is 0 Å². The van der Waals surface area contributed by atoms with E-state index in [-0.39, 0.29) is 5.78 Å². The smallest absolute Gasteiger partial charge is 0.217 e. The van der Waals surface area contributed by atoms with Gasteiger partial charge in [0.25, 0.3) is 0 Å². The van der Waals surface area contributed by atoms with Gasteiger partial charge >= 0.3 is 0 Å². The molecule has 0 atom stereocenters. The summed E-state index contributed by atoms with van der Waals surface area (Å²) in [6.45, 7) is 5.34. The SMILES string of the molecule is CC(=O)CC[n+]1ccccc1.CC(C)OS(=O)(=O)[O-]. The second-order valence-electron chi connectivity index (χ2n) is 4.12. The molecule has 0 bridgehead atoms. The van der Waals surface area contributed by atoms with Gasteiger partial charge in [0, 0.05) is 12.1 Å². The summed E-state index contributed by atoms with van der Waals surface area (Å²) >= 11 is 0. The van der Waals surface area contributed by atoms with Crippen molar-refractivity contribution in [3.8, 4) is 0 Å². The summed E-state index contributed by atoms with van der Waals surface area (Å²) in [6, 6.07) is 5.88. The molecule has 1 rings (SSSR count). The zero-order chi connectivity index (χ0) is 14.9. The summed E-state index contributed by atoms with van der Waals surface area (Å²) in [5.41, 5.74) is 0. The van der Waals surface area contributed by atoms with Gasteiger partial charge in [-0.2, -0.15) is 0 Å². The number of nitrogens with zero attached hydrogens (tertiary/aromatic N) is 1. The maximum atomic E-state index is 10.6. The third-order valence-corrected chi connectivity index (χ3v) is 2.43. The van der Waals surface area contributed by atoms with Crippen molar-refractivity contribution in [3.63, 3.8) is 0 Å². The molecule has 0 saturated carbocycles. The summed E-state index contributed by atoms with van der Waals surface area (Å²) < 4.78 is 34.8. The molecule has 1 aromatic heterocycles. The minimum Gasteiger partial charge on any atom is -0.726 e. The van der Waals surface area contributed by atoms with Gasteiger partial charge in [-0.05, 0) is 20.8 Å². The number of rotatable bonds is 5. The molecule has 0 radical (unpaired) electrons. The molecular formula is C12H19NO5S. The van der Waals surface area contributed by atoms with E-state index in [2.05, 4.69) is 4.18 Å². The van der Waals surface area contributed by atoms with E-state index >= 15 is 0 Å². The highest BCUT2D eigenvalue weighted by atomic mass is 32.3. The van der Waals surface area contributed by atoms with Gasteiger partial charge in [-0.3, -0.25) is 8.98 Å². The zero-order valence-corrected chi connectivity index (χ0v) is 12.1. The molecule has 0 N–H and O–H groups in total. The number of carbonyl (C=O) groups is 1. The van der Waals surface area contributed by atoms with Crippen LogP contribution in [0.3, 0.4) is 0 Å². The highest BCUT2D eigenvalue weighted by molar-refractivity contribution is 7.80. The van der Waals surface area contributed by atoms with E-state index in [4.69, 9.17) is 0 Å². The van der Waals surface area contributed by atoms with E-state index in [9.17, 15) is 17.8 Å². The van der Waals surface area contributed by atoms with Gasteiger partial charge < -0.3 is 4.55 Å². The Morgan fingerprint density at radius 1 is 1.26 bits per heavy atom. The Morgan fingerprint density at radius 3 is 2.11 bits per heavy atom. The summed E-state index contributed by atoms with van der Waals surface area (Å²) in [5, 5.41) is 0. The predicted octanol–water partition coefficient (Wildman–Crippen LogP) is 0.825. The molecule has 0 aliphatic carbocycles. The van der Waals surface area contributed by atoms with E-state index in [0.29, 0.717) is 6.42 Å². The maximum absolute atomic E-state index is 10.6. The fourth-order valence-corrected chi connectivity index (χ4v) is 1.58. The number of aryl methyl sites for hydroxylation is 1. The predicted molar refractivity (Wildman–Crippen MR) is 67.9 cm³/mol. The van der Waals surface area contributed by atoms with Gasteiger partial charge in [0.15, 0.2) is 18.9 Å². The molecular weight excluding hydrogens is 270 g/mol. The first kappa shape index (κ1) is 17.7. The minimum atomic E-state index is -4.47. The largest absolute Gasteiger partial charge is 0.726 e. The van der Waals surface area contributed by atoms with E-state index in [0.717, 1.165) is 6.54 Å². The molecule has 0 spiro atoms. The highest BCUT2D eigenvalue weighted by Crippen LogP contribution is 1.92. The maximum Gasteiger partial charge on any atom is 0.217 e. The normalized spacial score (nSPS) is 10.8. The summed E-state index contributed by atoms with van der Waals surface area (Å²) in [7, 11) is -4.47. The van der Waals surface area contributed by atoms with E-state index in [1.807, 2.05) is 35.2 Å².